The topological polar surface area (TPSA) is 34.4 Å². The number of hydrogen-bond donors (Lipinski definition) is 0. The van der Waals surface area contributed by atoms with Crippen LogP contribution in [-0.2, 0) is 0 Å². The van der Waals surface area contributed by atoms with Crippen LogP contribution >= 0.6 is 0 Å². The van der Waals surface area contributed by atoms with Crippen molar-refractivity contribution in [2.75, 3.05) is 0 Å². The summed E-state index contributed by atoms with van der Waals surface area (Å²) in [6, 6.07) is 5.83. The van der Waals surface area contributed by atoms with Crippen LogP contribution in [-0.4, -0.2) is 15.2 Å². The van der Waals surface area contributed by atoms with Gasteiger partial charge in [0, 0.05) is 11.6 Å². The molecule has 2 aromatic rings. The lowest BCUT2D eigenvalue weighted by Crippen LogP contribution is -2.11. The Kier molecular flexibility index (Phi) is 2.31. The molecule has 0 radical (unpaired) electrons. The van der Waals surface area contributed by atoms with E-state index < -0.39 is 0 Å². The van der Waals surface area contributed by atoms with E-state index in [1.54, 1.807) is 6.20 Å². The third kappa shape index (κ3) is 1.54. The van der Waals surface area contributed by atoms with Crippen LogP contribution in [0.25, 0.3) is 5.65 Å². The van der Waals surface area contributed by atoms with Crippen molar-refractivity contribution in [3.8, 4) is 0 Å². The van der Waals surface area contributed by atoms with Crippen LogP contribution in [0.2, 0.25) is 0 Å². The maximum Gasteiger partial charge on any atom is 0.183 e. The number of aromatic nitrogens is 2. The fourth-order valence-electron chi connectivity index (χ4n) is 1.67. The molecule has 78 valence electrons. The van der Waals surface area contributed by atoms with E-state index in [-0.39, 0.29) is 11.7 Å². The average Bonchev–Trinajstić information content (AvgIpc) is 2.61. The van der Waals surface area contributed by atoms with Crippen molar-refractivity contribution in [1.82, 2.24) is 9.38 Å². The summed E-state index contributed by atoms with van der Waals surface area (Å²) in [6.45, 7) is 5.78. The van der Waals surface area contributed by atoms with Gasteiger partial charge in [0.1, 0.15) is 11.3 Å². The number of fused-ring (bicyclic) bond motifs is 1. The van der Waals surface area contributed by atoms with Gasteiger partial charge in [0.25, 0.3) is 0 Å². The molecule has 0 bridgehead atoms. The van der Waals surface area contributed by atoms with Crippen molar-refractivity contribution in [2.24, 2.45) is 5.92 Å². The smallest absolute Gasteiger partial charge is 0.183 e. The van der Waals surface area contributed by atoms with Gasteiger partial charge >= 0.3 is 0 Å². The second-order valence-electron chi connectivity index (χ2n) is 4.02. The van der Waals surface area contributed by atoms with Gasteiger partial charge in [-0.25, -0.2) is 4.98 Å². The van der Waals surface area contributed by atoms with Crippen LogP contribution in [0.5, 0.6) is 0 Å². The first-order valence-corrected chi connectivity index (χ1v) is 5.08. The average molecular weight is 202 g/mol. The van der Waals surface area contributed by atoms with Gasteiger partial charge in [-0.05, 0) is 19.1 Å². The third-order valence-electron chi connectivity index (χ3n) is 2.50. The summed E-state index contributed by atoms with van der Waals surface area (Å²) >= 11 is 0. The number of pyridine rings is 1. The monoisotopic (exact) mass is 202 g/mol. The number of Topliss-reactive ketones (excluding diaryl/α,β-unsaturated/α-hetero) is 1. The highest BCUT2D eigenvalue weighted by Crippen LogP contribution is 2.13. The number of ketones is 1. The molecule has 2 heterocycles. The largest absolute Gasteiger partial charge is 0.294 e. The standard InChI is InChI=1S/C12H14N2O/c1-8(2)12(15)10-7-13-11-6-4-5-9(3)14(10)11/h4-8H,1-3H3. The third-order valence-corrected chi connectivity index (χ3v) is 2.50. The van der Waals surface area contributed by atoms with Crippen molar-refractivity contribution in [2.45, 2.75) is 20.8 Å². The molecule has 0 spiro atoms. The van der Waals surface area contributed by atoms with E-state index >= 15 is 0 Å². The second kappa shape index (κ2) is 3.50. The first-order chi connectivity index (χ1) is 7.11. The molecule has 0 atom stereocenters. The summed E-state index contributed by atoms with van der Waals surface area (Å²) in [4.78, 5) is 16.1. The van der Waals surface area contributed by atoms with E-state index in [1.807, 2.05) is 43.4 Å². The Hall–Kier alpha value is -1.64. The van der Waals surface area contributed by atoms with E-state index in [9.17, 15) is 4.79 Å². The molecular formula is C12H14N2O. The summed E-state index contributed by atoms with van der Waals surface area (Å²) in [5, 5.41) is 0. The molecule has 2 rings (SSSR count). The summed E-state index contributed by atoms with van der Waals surface area (Å²) in [5.41, 5.74) is 2.55. The quantitative estimate of drug-likeness (QED) is 0.701. The van der Waals surface area contributed by atoms with E-state index in [0.717, 1.165) is 11.3 Å². The van der Waals surface area contributed by atoms with E-state index in [2.05, 4.69) is 4.98 Å². The molecule has 0 N–H and O–H groups in total. The van der Waals surface area contributed by atoms with E-state index in [1.165, 1.54) is 0 Å². The zero-order chi connectivity index (χ0) is 11.0. The Balaban J connectivity index is 2.67. The summed E-state index contributed by atoms with van der Waals surface area (Å²) in [5.74, 6) is 0.140. The first kappa shape index (κ1) is 9.90. The van der Waals surface area contributed by atoms with Crippen LogP contribution in [0, 0.1) is 12.8 Å². The lowest BCUT2D eigenvalue weighted by molar-refractivity contribution is 0.0933. The van der Waals surface area contributed by atoms with Gasteiger partial charge in [-0.2, -0.15) is 0 Å². The molecule has 3 heteroatoms. The second-order valence-corrected chi connectivity index (χ2v) is 4.02. The molecule has 2 aromatic heterocycles. The number of carbonyl (C=O) groups excluding carboxylic acids is 1. The minimum Gasteiger partial charge on any atom is -0.294 e. The fourth-order valence-corrected chi connectivity index (χ4v) is 1.67. The minimum atomic E-state index is 0.00417. The Morgan fingerprint density at radius 3 is 2.80 bits per heavy atom. The molecule has 3 nitrogen and oxygen atoms in total. The predicted molar refractivity (Wildman–Crippen MR) is 59.1 cm³/mol. The number of nitrogens with zero attached hydrogens (tertiary/aromatic N) is 2. The van der Waals surface area contributed by atoms with Crippen LogP contribution in [0.1, 0.15) is 30.0 Å². The van der Waals surface area contributed by atoms with Crippen molar-refractivity contribution >= 4 is 11.4 Å². The Labute approximate surface area is 88.8 Å². The number of imidazole rings is 1. The van der Waals surface area contributed by atoms with Gasteiger partial charge in [-0.3, -0.25) is 9.20 Å². The van der Waals surface area contributed by atoms with E-state index in [0.29, 0.717) is 5.69 Å². The number of aryl methyl sites for hydroxylation is 1. The zero-order valence-corrected chi connectivity index (χ0v) is 9.19. The molecule has 0 aliphatic rings. The molecule has 0 amide bonds. The van der Waals surface area contributed by atoms with E-state index in [4.69, 9.17) is 0 Å². The Morgan fingerprint density at radius 2 is 2.13 bits per heavy atom. The number of carbonyl (C=O) groups is 1. The predicted octanol–water partition coefficient (Wildman–Crippen LogP) is 2.48. The lowest BCUT2D eigenvalue weighted by Gasteiger charge is -2.06. The summed E-state index contributed by atoms with van der Waals surface area (Å²) in [6.07, 6.45) is 1.66. The van der Waals surface area contributed by atoms with Crippen LogP contribution < -0.4 is 0 Å². The van der Waals surface area contributed by atoms with Gasteiger partial charge < -0.3 is 0 Å². The molecular weight excluding hydrogens is 188 g/mol. The van der Waals surface area contributed by atoms with Crippen molar-refractivity contribution in [3.63, 3.8) is 0 Å². The Morgan fingerprint density at radius 1 is 1.40 bits per heavy atom. The highest BCUT2D eigenvalue weighted by atomic mass is 16.1. The SMILES string of the molecule is Cc1cccc2ncc(C(=O)C(C)C)n12. The maximum absolute atomic E-state index is 11.9. The fraction of sp³-hybridized carbons (Fsp3) is 0.333. The highest BCUT2D eigenvalue weighted by Gasteiger charge is 2.15. The molecule has 15 heavy (non-hydrogen) atoms. The maximum atomic E-state index is 11.9. The van der Waals surface area contributed by atoms with Gasteiger partial charge in [-0.1, -0.05) is 19.9 Å². The van der Waals surface area contributed by atoms with Gasteiger partial charge in [0.15, 0.2) is 5.78 Å². The summed E-state index contributed by atoms with van der Waals surface area (Å²) in [7, 11) is 0. The van der Waals surface area contributed by atoms with Crippen molar-refractivity contribution < 1.29 is 4.79 Å². The minimum absolute atomic E-state index is 0.00417. The molecule has 0 unspecified atom stereocenters. The number of hydrogen-bond acceptors (Lipinski definition) is 2. The van der Waals surface area contributed by atoms with Crippen molar-refractivity contribution in [1.29, 1.82) is 0 Å². The molecule has 0 aromatic carbocycles. The molecule has 0 saturated carbocycles. The highest BCUT2D eigenvalue weighted by molar-refractivity contribution is 5.96. The van der Waals surface area contributed by atoms with Gasteiger partial charge in [0.05, 0.1) is 6.20 Å². The van der Waals surface area contributed by atoms with Gasteiger partial charge in [0.2, 0.25) is 0 Å². The van der Waals surface area contributed by atoms with Gasteiger partial charge in [-0.15, -0.1) is 0 Å². The zero-order valence-electron chi connectivity index (χ0n) is 9.19. The molecule has 0 aliphatic heterocycles. The molecule has 0 fully saturated rings. The first-order valence-electron chi connectivity index (χ1n) is 5.08. The van der Waals surface area contributed by atoms with Crippen LogP contribution in [0.15, 0.2) is 24.4 Å². The van der Waals surface area contributed by atoms with Crippen molar-refractivity contribution in [3.05, 3.63) is 35.8 Å². The normalized spacial score (nSPS) is 11.2. The number of rotatable bonds is 2. The lowest BCUT2D eigenvalue weighted by atomic mass is 10.1. The molecule has 0 aliphatic carbocycles. The Bertz CT molecular complexity index is 511. The van der Waals surface area contributed by atoms with Crippen LogP contribution in [0.4, 0.5) is 0 Å². The summed E-state index contributed by atoms with van der Waals surface area (Å²) < 4.78 is 1.91. The van der Waals surface area contributed by atoms with Crippen LogP contribution in [0.3, 0.4) is 0 Å². The molecule has 0 saturated heterocycles.